The molecule has 25 heavy (non-hydrogen) atoms. The van der Waals surface area contributed by atoms with Crippen LogP contribution < -0.4 is 9.84 Å². The summed E-state index contributed by atoms with van der Waals surface area (Å²) in [4.78, 5) is 11.6. The molecule has 4 aliphatic rings. The van der Waals surface area contributed by atoms with Crippen molar-refractivity contribution < 1.29 is 23.9 Å². The molecule has 1 saturated heterocycles. The Balaban J connectivity index is 1.75. The first-order valence-electron chi connectivity index (χ1n) is 9.03. The van der Waals surface area contributed by atoms with E-state index in [0.29, 0.717) is 17.7 Å². The van der Waals surface area contributed by atoms with Crippen molar-refractivity contribution in [1.29, 1.82) is 0 Å². The van der Waals surface area contributed by atoms with Gasteiger partial charge in [0.2, 0.25) is 0 Å². The Morgan fingerprint density at radius 2 is 2.16 bits per heavy atom. The Morgan fingerprint density at radius 1 is 1.36 bits per heavy atom. The zero-order valence-corrected chi connectivity index (χ0v) is 14.8. The number of piperidine rings is 1. The standard InChI is InChI=1S/C20H23NO4/c1-11(22)24-16-7-5-13-14-10-12-4-6-15(23)18-17(12)20(13,19(16)25-18)8-9-21(14,2)3/h4-7,13-14,16,19H,8-10H2,1-3H3/t13-,14+,16?,19?,20-/m0/s1. The van der Waals surface area contributed by atoms with Crippen LogP contribution in [0.4, 0.5) is 0 Å². The quantitative estimate of drug-likeness (QED) is 0.439. The van der Waals surface area contributed by atoms with Crippen LogP contribution in [-0.4, -0.2) is 49.3 Å². The van der Waals surface area contributed by atoms with E-state index >= 15 is 0 Å². The number of carbonyl (C=O) groups is 1. The lowest BCUT2D eigenvalue weighted by Gasteiger charge is -2.58. The summed E-state index contributed by atoms with van der Waals surface area (Å²) in [6.45, 7) is 2.46. The first-order valence-corrected chi connectivity index (χ1v) is 9.03. The summed E-state index contributed by atoms with van der Waals surface area (Å²) in [5, 5.41) is 12.5. The Hall–Kier alpha value is -2.01. The largest absolute Gasteiger partial charge is 0.870 e. The van der Waals surface area contributed by atoms with E-state index in [1.54, 1.807) is 6.07 Å². The minimum Gasteiger partial charge on any atom is -0.870 e. The highest BCUT2D eigenvalue weighted by atomic mass is 16.6. The molecule has 2 bridgehead atoms. The molecule has 2 aliphatic heterocycles. The number of hydrogen-bond acceptors (Lipinski definition) is 4. The summed E-state index contributed by atoms with van der Waals surface area (Å²) in [7, 11) is 4.59. The van der Waals surface area contributed by atoms with E-state index in [-0.39, 0.29) is 23.2 Å². The number of likely N-dealkylation sites (tertiary alicyclic amines) is 1. The molecule has 1 aromatic carbocycles. The Kier molecular flexibility index (Phi) is 2.80. The van der Waals surface area contributed by atoms with Crippen LogP contribution in [0, 0.1) is 5.92 Å². The first-order chi connectivity index (χ1) is 11.8. The van der Waals surface area contributed by atoms with Crippen molar-refractivity contribution in [2.24, 2.45) is 5.92 Å². The normalized spacial score (nSPS) is 38.7. The molecule has 0 radical (unpaired) electrons. The number of likely N-dealkylation sites (N-methyl/N-ethyl adjacent to an activating group) is 1. The van der Waals surface area contributed by atoms with E-state index in [1.807, 2.05) is 12.1 Å². The maximum atomic E-state index is 12.5. The second-order valence-electron chi connectivity index (χ2n) is 8.51. The highest BCUT2D eigenvalue weighted by Crippen LogP contribution is 2.63. The summed E-state index contributed by atoms with van der Waals surface area (Å²) in [6.07, 6.45) is 5.39. The third-order valence-corrected chi connectivity index (χ3v) is 6.97. The van der Waals surface area contributed by atoms with Crippen LogP contribution in [0.25, 0.3) is 0 Å². The molecule has 0 amide bonds. The van der Waals surface area contributed by atoms with Crippen LogP contribution in [0.2, 0.25) is 0 Å². The third-order valence-electron chi connectivity index (χ3n) is 6.97. The van der Waals surface area contributed by atoms with E-state index in [9.17, 15) is 9.90 Å². The smallest absolute Gasteiger partial charge is 0.303 e. The van der Waals surface area contributed by atoms with Gasteiger partial charge in [-0.05, 0) is 11.6 Å². The van der Waals surface area contributed by atoms with Gasteiger partial charge in [-0.3, -0.25) is 4.79 Å². The van der Waals surface area contributed by atoms with Gasteiger partial charge in [0.05, 0.1) is 26.1 Å². The molecule has 0 saturated carbocycles. The van der Waals surface area contributed by atoms with Crippen LogP contribution in [0.5, 0.6) is 11.5 Å². The molecule has 5 atom stereocenters. The molecule has 1 fully saturated rings. The van der Waals surface area contributed by atoms with Gasteiger partial charge >= 0.3 is 5.97 Å². The zero-order chi connectivity index (χ0) is 17.6. The van der Waals surface area contributed by atoms with Gasteiger partial charge in [-0.1, -0.05) is 24.0 Å². The number of nitrogens with zero attached hydrogens (tertiary/aromatic N) is 1. The monoisotopic (exact) mass is 341 g/mol. The predicted molar refractivity (Wildman–Crippen MR) is 89.3 cm³/mol. The van der Waals surface area contributed by atoms with Crippen molar-refractivity contribution in [3.05, 3.63) is 35.4 Å². The van der Waals surface area contributed by atoms with E-state index in [4.69, 9.17) is 9.47 Å². The van der Waals surface area contributed by atoms with Gasteiger partial charge in [-0.15, -0.1) is 0 Å². The summed E-state index contributed by atoms with van der Waals surface area (Å²) in [5.74, 6) is 0.439. The van der Waals surface area contributed by atoms with Gasteiger partial charge in [-0.25, -0.2) is 0 Å². The van der Waals surface area contributed by atoms with Gasteiger partial charge in [-0.2, -0.15) is 0 Å². The molecule has 2 unspecified atom stereocenters. The van der Waals surface area contributed by atoms with E-state index < -0.39 is 6.10 Å². The summed E-state index contributed by atoms with van der Waals surface area (Å²) >= 11 is 0. The van der Waals surface area contributed by atoms with E-state index in [1.165, 1.54) is 12.5 Å². The van der Waals surface area contributed by atoms with E-state index in [2.05, 4.69) is 20.2 Å². The zero-order valence-electron chi connectivity index (χ0n) is 14.8. The van der Waals surface area contributed by atoms with Crippen LogP contribution in [0.3, 0.4) is 0 Å². The molecule has 2 aliphatic carbocycles. The number of carbonyl (C=O) groups excluding carboxylic acids is 1. The molecule has 5 nitrogen and oxygen atoms in total. The number of esters is 1. The van der Waals surface area contributed by atoms with Crippen LogP contribution in [0.15, 0.2) is 24.3 Å². The maximum absolute atomic E-state index is 12.5. The molecular formula is C20H23NO4. The highest BCUT2D eigenvalue weighted by Gasteiger charge is 2.67. The van der Waals surface area contributed by atoms with Crippen molar-refractivity contribution in [3.8, 4) is 11.5 Å². The average molecular weight is 341 g/mol. The van der Waals surface area contributed by atoms with Crippen molar-refractivity contribution in [2.45, 2.75) is 43.4 Å². The molecule has 1 aromatic rings. The number of benzene rings is 1. The second kappa shape index (κ2) is 4.58. The second-order valence-corrected chi connectivity index (χ2v) is 8.51. The number of quaternary nitrogens is 1. The summed E-state index contributed by atoms with van der Waals surface area (Å²) in [6, 6.07) is 4.07. The molecular weight excluding hydrogens is 318 g/mol. The third kappa shape index (κ3) is 1.74. The molecule has 1 spiro atoms. The predicted octanol–water partition coefficient (Wildman–Crippen LogP) is 1.28. The van der Waals surface area contributed by atoms with Gasteiger partial charge in [0.1, 0.15) is 17.9 Å². The molecule has 0 aromatic heterocycles. The molecule has 132 valence electrons. The molecule has 5 heteroatoms. The number of ether oxygens (including phenoxy) is 2. The van der Waals surface area contributed by atoms with Gasteiger partial charge in [0.15, 0.2) is 6.10 Å². The molecule has 2 heterocycles. The number of hydrogen-bond donors (Lipinski definition) is 0. The first kappa shape index (κ1) is 15.3. The molecule has 5 rings (SSSR count). The van der Waals surface area contributed by atoms with Crippen LogP contribution in [0.1, 0.15) is 24.5 Å². The minimum absolute atomic E-state index is 0.0550. The molecule has 0 N–H and O–H groups in total. The number of rotatable bonds is 1. The fraction of sp³-hybridized carbons (Fsp3) is 0.550. The van der Waals surface area contributed by atoms with E-state index in [0.717, 1.165) is 29.4 Å². The van der Waals surface area contributed by atoms with Crippen LogP contribution >= 0.6 is 0 Å². The van der Waals surface area contributed by atoms with Crippen molar-refractivity contribution in [3.63, 3.8) is 0 Å². The Labute approximate surface area is 147 Å². The van der Waals surface area contributed by atoms with Crippen LogP contribution in [-0.2, 0) is 21.4 Å². The fourth-order valence-electron chi connectivity index (χ4n) is 5.87. The van der Waals surface area contributed by atoms with Crippen molar-refractivity contribution in [1.82, 2.24) is 0 Å². The lowest BCUT2D eigenvalue weighted by atomic mass is 9.53. The fourth-order valence-corrected chi connectivity index (χ4v) is 5.87. The minimum atomic E-state index is -0.430. The van der Waals surface area contributed by atoms with Gasteiger partial charge in [0, 0.05) is 31.2 Å². The summed E-state index contributed by atoms with van der Waals surface area (Å²) < 4.78 is 12.8. The van der Waals surface area contributed by atoms with Gasteiger partial charge < -0.3 is 19.1 Å². The summed E-state index contributed by atoms with van der Waals surface area (Å²) in [5.41, 5.74) is 2.10. The lowest BCUT2D eigenvalue weighted by molar-refractivity contribution is -0.926. The SMILES string of the molecule is CC(=O)OC1C=C[C@H]2[C@H]3Cc4ccc([O-])c5c4[C@@]2(CC[N+]3(C)C)C1O5. The van der Waals surface area contributed by atoms with Crippen molar-refractivity contribution in [2.75, 3.05) is 20.6 Å². The highest BCUT2D eigenvalue weighted by molar-refractivity contribution is 5.67. The van der Waals surface area contributed by atoms with Crippen molar-refractivity contribution >= 4 is 5.97 Å². The van der Waals surface area contributed by atoms with Gasteiger partial charge in [0.25, 0.3) is 0 Å². The maximum Gasteiger partial charge on any atom is 0.303 e. The average Bonchev–Trinajstić information content (AvgIpc) is 2.90. The Morgan fingerprint density at radius 3 is 2.92 bits per heavy atom. The lowest BCUT2D eigenvalue weighted by Crippen LogP contribution is -2.70. The Bertz CT molecular complexity index is 814. The topological polar surface area (TPSA) is 58.6 Å².